The van der Waals surface area contributed by atoms with Crippen LogP contribution in [0.1, 0.15) is 88.5 Å². The topological polar surface area (TPSA) is 49.7 Å². The maximum atomic E-state index is 12.7. The molecule has 1 atom stereocenters. The molecule has 0 aliphatic heterocycles. The molecule has 1 heterocycles. The van der Waals surface area contributed by atoms with Gasteiger partial charge in [0.15, 0.2) is 6.10 Å². The highest BCUT2D eigenvalue weighted by molar-refractivity contribution is 5.75. The SMILES string of the molecule is CCCCCCCCCCCOc1ccc(CCn2c(C)ccc2-c2ccc(O[C@H](Cc3ccccc3)C(=O)OCC)cc2)cc1. The Morgan fingerprint density at radius 3 is 2.02 bits per heavy atom. The Bertz CT molecular complexity index is 1410. The molecule has 0 unspecified atom stereocenters. The van der Waals surface area contributed by atoms with E-state index in [1.807, 2.05) is 49.4 Å². The lowest BCUT2D eigenvalue weighted by molar-refractivity contribution is -0.151. The fraction of sp³-hybridized carbons (Fsp3) is 0.439. The summed E-state index contributed by atoms with van der Waals surface area (Å²) in [6, 6.07) is 30.8. The number of carbonyl (C=O) groups excluding carboxylic acids is 1. The molecule has 5 heteroatoms. The number of rotatable bonds is 21. The van der Waals surface area contributed by atoms with Crippen LogP contribution in [0.2, 0.25) is 0 Å². The van der Waals surface area contributed by atoms with E-state index in [1.165, 1.54) is 62.6 Å². The molecule has 0 aliphatic carbocycles. The lowest BCUT2D eigenvalue weighted by Gasteiger charge is -2.18. The average Bonchev–Trinajstić information content (AvgIpc) is 3.45. The molecule has 0 amide bonds. The highest BCUT2D eigenvalue weighted by atomic mass is 16.6. The van der Waals surface area contributed by atoms with Crippen molar-refractivity contribution < 1.29 is 19.0 Å². The van der Waals surface area contributed by atoms with Crippen molar-refractivity contribution >= 4 is 5.97 Å². The molecule has 0 bridgehead atoms. The Balaban J connectivity index is 1.26. The van der Waals surface area contributed by atoms with Crippen molar-refractivity contribution in [3.05, 3.63) is 108 Å². The summed E-state index contributed by atoms with van der Waals surface area (Å²) in [4.78, 5) is 12.7. The van der Waals surface area contributed by atoms with E-state index in [1.54, 1.807) is 0 Å². The number of aromatic nitrogens is 1. The van der Waals surface area contributed by atoms with Crippen molar-refractivity contribution in [2.24, 2.45) is 0 Å². The summed E-state index contributed by atoms with van der Waals surface area (Å²) in [6.45, 7) is 8.23. The van der Waals surface area contributed by atoms with E-state index >= 15 is 0 Å². The summed E-state index contributed by atoms with van der Waals surface area (Å²) in [5.41, 5.74) is 5.82. The number of hydrogen-bond acceptors (Lipinski definition) is 4. The number of hydrogen-bond donors (Lipinski definition) is 0. The minimum Gasteiger partial charge on any atom is -0.494 e. The van der Waals surface area contributed by atoms with Gasteiger partial charge in [-0.25, -0.2) is 4.79 Å². The summed E-state index contributed by atoms with van der Waals surface area (Å²) in [5.74, 6) is 1.25. The molecular weight excluding hydrogens is 570 g/mol. The smallest absolute Gasteiger partial charge is 0.347 e. The lowest BCUT2D eigenvalue weighted by atomic mass is 10.1. The van der Waals surface area contributed by atoms with Crippen LogP contribution in [0.4, 0.5) is 0 Å². The van der Waals surface area contributed by atoms with Gasteiger partial charge in [0.25, 0.3) is 0 Å². The maximum absolute atomic E-state index is 12.7. The Labute approximate surface area is 276 Å². The van der Waals surface area contributed by atoms with Crippen LogP contribution in [-0.4, -0.2) is 29.9 Å². The summed E-state index contributed by atoms with van der Waals surface area (Å²) in [6.07, 6.45) is 12.6. The molecule has 0 radical (unpaired) electrons. The molecule has 5 nitrogen and oxygen atoms in total. The molecular formula is C41H53NO4. The fourth-order valence-electron chi connectivity index (χ4n) is 5.82. The second-order valence-electron chi connectivity index (χ2n) is 12.2. The van der Waals surface area contributed by atoms with E-state index in [0.717, 1.165) is 48.6 Å². The first kappa shape index (κ1) is 34.9. The Kier molecular flexibility index (Phi) is 14.8. The van der Waals surface area contributed by atoms with Crippen LogP contribution in [0.15, 0.2) is 91.0 Å². The quantitative estimate of drug-likeness (QED) is 0.0685. The molecule has 4 aromatic rings. The van der Waals surface area contributed by atoms with Crippen LogP contribution in [-0.2, 0) is 28.9 Å². The summed E-state index contributed by atoms with van der Waals surface area (Å²) >= 11 is 0. The average molecular weight is 624 g/mol. The number of aryl methyl sites for hydroxylation is 2. The van der Waals surface area contributed by atoms with Crippen molar-refractivity contribution in [2.45, 2.75) is 104 Å². The van der Waals surface area contributed by atoms with Gasteiger partial charge in [0.1, 0.15) is 11.5 Å². The first-order chi connectivity index (χ1) is 22.6. The summed E-state index contributed by atoms with van der Waals surface area (Å²) in [7, 11) is 0. The van der Waals surface area contributed by atoms with Gasteiger partial charge in [0.2, 0.25) is 0 Å². The van der Waals surface area contributed by atoms with E-state index in [2.05, 4.69) is 66.9 Å². The highest BCUT2D eigenvalue weighted by Gasteiger charge is 2.22. The molecule has 0 N–H and O–H groups in total. The van der Waals surface area contributed by atoms with E-state index in [-0.39, 0.29) is 5.97 Å². The van der Waals surface area contributed by atoms with Crippen LogP contribution in [0, 0.1) is 6.92 Å². The zero-order valence-corrected chi connectivity index (χ0v) is 28.2. The first-order valence-electron chi connectivity index (χ1n) is 17.4. The molecule has 246 valence electrons. The predicted molar refractivity (Wildman–Crippen MR) is 189 cm³/mol. The van der Waals surface area contributed by atoms with Crippen LogP contribution < -0.4 is 9.47 Å². The monoisotopic (exact) mass is 623 g/mol. The van der Waals surface area contributed by atoms with E-state index < -0.39 is 6.10 Å². The van der Waals surface area contributed by atoms with E-state index in [0.29, 0.717) is 18.8 Å². The van der Waals surface area contributed by atoms with E-state index in [9.17, 15) is 4.79 Å². The summed E-state index contributed by atoms with van der Waals surface area (Å²) < 4.78 is 19.8. The third-order valence-corrected chi connectivity index (χ3v) is 8.50. The zero-order chi connectivity index (χ0) is 32.4. The molecule has 0 fully saturated rings. The van der Waals surface area contributed by atoms with Crippen molar-refractivity contribution in [3.8, 4) is 22.8 Å². The number of unbranched alkanes of at least 4 members (excludes halogenated alkanes) is 8. The minimum absolute atomic E-state index is 0.320. The number of ether oxygens (including phenoxy) is 3. The van der Waals surface area contributed by atoms with Crippen molar-refractivity contribution in [1.29, 1.82) is 0 Å². The van der Waals surface area contributed by atoms with Gasteiger partial charge in [-0.15, -0.1) is 0 Å². The molecule has 0 saturated carbocycles. The molecule has 0 spiro atoms. The Morgan fingerprint density at radius 1 is 0.696 bits per heavy atom. The van der Waals surface area contributed by atoms with Gasteiger partial charge in [-0.1, -0.05) is 101 Å². The third-order valence-electron chi connectivity index (χ3n) is 8.50. The Morgan fingerprint density at radius 2 is 1.35 bits per heavy atom. The van der Waals surface area contributed by atoms with Crippen LogP contribution in [0.5, 0.6) is 11.5 Å². The van der Waals surface area contributed by atoms with Gasteiger partial charge < -0.3 is 18.8 Å². The number of nitrogens with zero attached hydrogens (tertiary/aromatic N) is 1. The molecule has 0 saturated heterocycles. The highest BCUT2D eigenvalue weighted by Crippen LogP contribution is 2.27. The lowest BCUT2D eigenvalue weighted by Crippen LogP contribution is -2.31. The predicted octanol–water partition coefficient (Wildman–Crippen LogP) is 10.2. The normalized spacial score (nSPS) is 11.7. The number of esters is 1. The van der Waals surface area contributed by atoms with Gasteiger partial charge in [0, 0.05) is 24.4 Å². The number of benzene rings is 3. The standard InChI is InChI=1S/C41H53NO4/c1-4-6-7-8-9-10-11-12-16-31-45-37-24-20-34(21-25-37)29-30-42-33(3)19-28-39(42)36-22-26-38(27-23-36)46-40(41(43)44-5-2)32-35-17-14-13-15-18-35/h13-15,17-28,40H,4-12,16,29-32H2,1-3H3/t40-/m1/s1. The van der Waals surface area contributed by atoms with Gasteiger partial charge in [-0.2, -0.15) is 0 Å². The molecule has 3 aromatic carbocycles. The van der Waals surface area contributed by atoms with Crippen LogP contribution >= 0.6 is 0 Å². The zero-order valence-electron chi connectivity index (χ0n) is 28.2. The van der Waals surface area contributed by atoms with Gasteiger partial charge >= 0.3 is 5.97 Å². The Hall–Kier alpha value is -3.99. The molecule has 46 heavy (non-hydrogen) atoms. The van der Waals surface area contributed by atoms with Crippen molar-refractivity contribution in [1.82, 2.24) is 4.57 Å². The minimum atomic E-state index is -0.703. The fourth-order valence-corrected chi connectivity index (χ4v) is 5.82. The van der Waals surface area contributed by atoms with Crippen LogP contribution in [0.25, 0.3) is 11.3 Å². The van der Waals surface area contributed by atoms with Crippen LogP contribution in [0.3, 0.4) is 0 Å². The van der Waals surface area contributed by atoms with Crippen molar-refractivity contribution in [3.63, 3.8) is 0 Å². The van der Waals surface area contributed by atoms with E-state index in [4.69, 9.17) is 14.2 Å². The third kappa shape index (κ3) is 11.4. The molecule has 4 rings (SSSR count). The second-order valence-corrected chi connectivity index (χ2v) is 12.2. The molecule has 0 aliphatic rings. The van der Waals surface area contributed by atoms with Gasteiger partial charge in [-0.05, 0) is 91.9 Å². The van der Waals surface area contributed by atoms with Gasteiger partial charge in [0.05, 0.1) is 13.2 Å². The second kappa shape index (κ2) is 19.5. The first-order valence-corrected chi connectivity index (χ1v) is 17.4. The maximum Gasteiger partial charge on any atom is 0.347 e. The van der Waals surface area contributed by atoms with Gasteiger partial charge in [-0.3, -0.25) is 0 Å². The number of carbonyl (C=O) groups is 1. The largest absolute Gasteiger partial charge is 0.494 e. The van der Waals surface area contributed by atoms with Crippen molar-refractivity contribution in [2.75, 3.05) is 13.2 Å². The summed E-state index contributed by atoms with van der Waals surface area (Å²) in [5, 5.41) is 0. The molecule has 1 aromatic heterocycles.